The molecule has 50 heavy (non-hydrogen) atoms. The van der Waals surface area contributed by atoms with Crippen molar-refractivity contribution in [1.82, 2.24) is 19.9 Å². The van der Waals surface area contributed by atoms with E-state index in [9.17, 15) is 23.5 Å². The third-order valence-electron chi connectivity index (χ3n) is 9.97. The molecule has 4 aliphatic heterocycles. The number of aliphatic carboxylic acids is 1. The van der Waals surface area contributed by atoms with E-state index in [1.807, 2.05) is 6.07 Å². The zero-order chi connectivity index (χ0) is 34.6. The molecule has 8 rings (SSSR count). The number of carbonyl (C=O) groups excluding carboxylic acids is 1. The lowest BCUT2D eigenvalue weighted by Gasteiger charge is -2.53. The summed E-state index contributed by atoms with van der Waals surface area (Å²) in [6, 6.07) is 7.50. The number of nitrogens with zero attached hydrogens (tertiary/aromatic N) is 6. The highest BCUT2D eigenvalue weighted by molar-refractivity contribution is 6.06. The van der Waals surface area contributed by atoms with Crippen molar-refractivity contribution in [3.63, 3.8) is 0 Å². The highest BCUT2D eigenvalue weighted by Gasteiger charge is 2.50. The molecule has 1 amide bonds. The number of hydrogen-bond donors (Lipinski definition) is 1. The van der Waals surface area contributed by atoms with Gasteiger partial charge >= 0.3 is 5.97 Å². The van der Waals surface area contributed by atoms with Crippen LogP contribution in [0.5, 0.6) is 5.88 Å². The maximum atomic E-state index is 14.1. The maximum Gasteiger partial charge on any atom is 0.326 e. The maximum absolute atomic E-state index is 14.1. The standard InChI is InChI=1S/C35H34F2N6O7/c1-20-35(18-47-19-35)48-13-12-42(20)24-14-21(6-4-10-41-11-5-9-27(41)44)16-38-33(24)49-22-15-25(34(45)46)43(17-22)32-29-28(39-31(40-32)30(36)37)23-7-2-3-8-26(23)50-29/h2-3,7-8,14,16,20,22,25,30H,5,9-13,15,17-19H2,1H3,(H,45,46)/t20-,22-,25-/m0/s1. The molecule has 4 saturated heterocycles. The Bertz CT molecular complexity index is 2040. The van der Waals surface area contributed by atoms with Gasteiger partial charge in [-0.25, -0.2) is 28.5 Å². The zero-order valence-corrected chi connectivity index (χ0v) is 27.2. The van der Waals surface area contributed by atoms with Gasteiger partial charge in [-0.1, -0.05) is 24.0 Å². The van der Waals surface area contributed by atoms with Crippen molar-refractivity contribution in [3.8, 4) is 17.7 Å². The molecular formula is C35H34F2N6O7. The number of morpholine rings is 1. The molecule has 4 aromatic rings. The van der Waals surface area contributed by atoms with Crippen molar-refractivity contribution in [2.45, 2.75) is 56.4 Å². The number of benzene rings is 1. The van der Waals surface area contributed by atoms with Crippen molar-refractivity contribution in [2.24, 2.45) is 0 Å². The van der Waals surface area contributed by atoms with Crippen LogP contribution in [0.2, 0.25) is 0 Å². The van der Waals surface area contributed by atoms with Gasteiger partial charge in [0, 0.05) is 43.1 Å². The van der Waals surface area contributed by atoms with Gasteiger partial charge in [-0.3, -0.25) is 4.79 Å². The smallest absolute Gasteiger partial charge is 0.326 e. The number of furan rings is 1. The molecule has 260 valence electrons. The Hall–Kier alpha value is -5.07. The number of amides is 1. The second-order valence-corrected chi connectivity index (χ2v) is 13.0. The topological polar surface area (TPSA) is 144 Å². The number of aromatic nitrogens is 3. The quantitative estimate of drug-likeness (QED) is 0.282. The molecule has 7 heterocycles. The molecule has 1 aromatic carbocycles. The lowest BCUT2D eigenvalue weighted by Crippen LogP contribution is -2.68. The molecule has 0 unspecified atom stereocenters. The zero-order valence-electron chi connectivity index (χ0n) is 27.2. The molecular weight excluding hydrogens is 654 g/mol. The Morgan fingerprint density at radius 1 is 1.20 bits per heavy atom. The SMILES string of the molecule is C[C@@H]1N(c2cc(C#CCN3CCCC3=O)cnc2O[C@H]2C[C@@H](C(=O)O)N(c3nc(C(F)F)nc4c3oc3ccccc34)C2)CCOC12COC2. The molecule has 1 spiro atoms. The molecule has 0 saturated carbocycles. The minimum atomic E-state index is -2.99. The Balaban J connectivity index is 1.13. The Morgan fingerprint density at radius 3 is 2.78 bits per heavy atom. The molecule has 3 aromatic heterocycles. The number of ether oxygens (including phenoxy) is 3. The molecule has 13 nitrogen and oxygen atoms in total. The normalized spacial score (nSPS) is 23.2. The monoisotopic (exact) mass is 688 g/mol. The van der Waals surface area contributed by atoms with Crippen LogP contribution in [0, 0.1) is 11.8 Å². The third-order valence-corrected chi connectivity index (χ3v) is 9.97. The first-order valence-electron chi connectivity index (χ1n) is 16.6. The predicted octanol–water partition coefficient (Wildman–Crippen LogP) is 3.79. The van der Waals surface area contributed by atoms with E-state index in [1.54, 1.807) is 35.4 Å². The van der Waals surface area contributed by atoms with Crippen LogP contribution in [0.15, 0.2) is 40.9 Å². The number of carboxylic acid groups (broad SMARTS) is 1. The Labute approximate surface area is 285 Å². The van der Waals surface area contributed by atoms with Crippen molar-refractivity contribution >= 4 is 45.5 Å². The fourth-order valence-corrected chi connectivity index (χ4v) is 7.21. The number of anilines is 2. The molecule has 4 aliphatic rings. The van der Waals surface area contributed by atoms with Crippen LogP contribution in [-0.4, -0.2) is 107 Å². The van der Waals surface area contributed by atoms with Crippen LogP contribution in [0.25, 0.3) is 22.1 Å². The van der Waals surface area contributed by atoms with E-state index in [0.29, 0.717) is 68.1 Å². The van der Waals surface area contributed by atoms with Gasteiger partial charge in [-0.2, -0.15) is 0 Å². The summed E-state index contributed by atoms with van der Waals surface area (Å²) in [5.74, 6) is 4.66. The number of pyridine rings is 1. The van der Waals surface area contributed by atoms with Crippen LogP contribution in [0.4, 0.5) is 20.3 Å². The number of rotatable bonds is 7. The van der Waals surface area contributed by atoms with E-state index in [0.717, 1.165) is 6.42 Å². The minimum Gasteiger partial charge on any atom is -0.480 e. The van der Waals surface area contributed by atoms with Crippen molar-refractivity contribution < 1.29 is 42.1 Å². The first kappa shape index (κ1) is 32.2. The summed E-state index contributed by atoms with van der Waals surface area (Å²) in [6.07, 6.45) is -0.726. The highest BCUT2D eigenvalue weighted by atomic mass is 19.3. The number of para-hydroxylation sites is 1. The number of carbonyl (C=O) groups is 2. The second kappa shape index (κ2) is 12.7. The molecule has 3 atom stereocenters. The van der Waals surface area contributed by atoms with E-state index in [-0.39, 0.29) is 47.7 Å². The number of halogens is 2. The van der Waals surface area contributed by atoms with E-state index >= 15 is 0 Å². The summed E-state index contributed by atoms with van der Waals surface area (Å²) in [6.45, 7) is 4.96. The summed E-state index contributed by atoms with van der Waals surface area (Å²) in [5.41, 5.74) is 1.51. The second-order valence-electron chi connectivity index (χ2n) is 13.0. The lowest BCUT2D eigenvalue weighted by atomic mass is 9.90. The average molecular weight is 689 g/mol. The van der Waals surface area contributed by atoms with Gasteiger partial charge in [0.25, 0.3) is 6.43 Å². The average Bonchev–Trinajstić information content (AvgIpc) is 3.81. The van der Waals surface area contributed by atoms with Gasteiger partial charge in [0.05, 0.1) is 39.0 Å². The largest absolute Gasteiger partial charge is 0.480 e. The van der Waals surface area contributed by atoms with Gasteiger partial charge in [0.15, 0.2) is 17.2 Å². The predicted molar refractivity (Wildman–Crippen MR) is 175 cm³/mol. The molecule has 0 aliphatic carbocycles. The summed E-state index contributed by atoms with van der Waals surface area (Å²) < 4.78 is 52.3. The fourth-order valence-electron chi connectivity index (χ4n) is 7.21. The summed E-state index contributed by atoms with van der Waals surface area (Å²) in [5, 5.41) is 10.8. The van der Waals surface area contributed by atoms with Crippen LogP contribution < -0.4 is 14.5 Å². The number of alkyl halides is 2. The number of fused-ring (bicyclic) bond motifs is 3. The summed E-state index contributed by atoms with van der Waals surface area (Å²) in [7, 11) is 0. The van der Waals surface area contributed by atoms with E-state index in [4.69, 9.17) is 18.6 Å². The number of carboxylic acids is 1. The molecule has 0 bridgehead atoms. The van der Waals surface area contributed by atoms with Crippen molar-refractivity contribution in [3.05, 3.63) is 47.9 Å². The number of hydrogen-bond acceptors (Lipinski definition) is 11. The van der Waals surface area contributed by atoms with Crippen molar-refractivity contribution in [1.29, 1.82) is 0 Å². The van der Waals surface area contributed by atoms with Gasteiger partial charge in [0.2, 0.25) is 11.8 Å². The first-order chi connectivity index (χ1) is 24.2. The van der Waals surface area contributed by atoms with Gasteiger partial charge in [0.1, 0.15) is 34.5 Å². The van der Waals surface area contributed by atoms with Crippen molar-refractivity contribution in [2.75, 3.05) is 55.8 Å². The highest BCUT2D eigenvalue weighted by Crippen LogP contribution is 2.41. The Kier molecular flexibility index (Phi) is 8.15. The third kappa shape index (κ3) is 5.62. The van der Waals surface area contributed by atoms with Gasteiger partial charge in [-0.05, 0) is 31.5 Å². The molecule has 15 heteroatoms. The summed E-state index contributed by atoms with van der Waals surface area (Å²) >= 11 is 0. The number of likely N-dealkylation sites (tertiary alicyclic amines) is 1. The van der Waals surface area contributed by atoms with Crippen LogP contribution in [0.3, 0.4) is 0 Å². The van der Waals surface area contributed by atoms with E-state index in [2.05, 4.69) is 38.6 Å². The molecule has 0 radical (unpaired) electrons. The van der Waals surface area contributed by atoms with Gasteiger partial charge < -0.3 is 38.4 Å². The van der Waals surface area contributed by atoms with Gasteiger partial charge in [-0.15, -0.1) is 0 Å². The molecule has 4 fully saturated rings. The Morgan fingerprint density at radius 2 is 2.04 bits per heavy atom. The van der Waals surface area contributed by atoms with Crippen LogP contribution in [0.1, 0.15) is 44.0 Å². The minimum absolute atomic E-state index is 0.00574. The van der Waals surface area contributed by atoms with E-state index in [1.165, 1.54) is 4.90 Å². The first-order valence-corrected chi connectivity index (χ1v) is 16.6. The molecule has 1 N–H and O–H groups in total. The van der Waals surface area contributed by atoms with Crippen LogP contribution in [-0.2, 0) is 19.1 Å². The fraction of sp³-hybridized carbons (Fsp3) is 0.457. The summed E-state index contributed by atoms with van der Waals surface area (Å²) in [4.78, 5) is 42.9. The van der Waals surface area contributed by atoms with E-state index < -0.39 is 36.0 Å². The van der Waals surface area contributed by atoms with Crippen LogP contribution >= 0.6 is 0 Å². The lowest BCUT2D eigenvalue weighted by molar-refractivity contribution is -0.228.